The SMILES string of the molecule is CN(CC(=O)Nc1ccc(OCCN)cc1)S(=O)(=O)c1cccnc1. The fraction of sp³-hybridized carbons (Fsp3) is 0.250. The molecule has 0 aliphatic rings. The van der Waals surface area contributed by atoms with Crippen molar-refractivity contribution in [1.29, 1.82) is 0 Å². The number of anilines is 1. The standard InChI is InChI=1S/C16H20N4O4S/c1-20(25(22,23)15-3-2-9-18-11-15)12-16(21)19-13-4-6-14(7-5-13)24-10-8-17/h2-7,9,11H,8,10,12,17H2,1H3,(H,19,21). The van der Waals surface area contributed by atoms with Crippen molar-refractivity contribution in [2.45, 2.75) is 4.90 Å². The molecule has 134 valence electrons. The summed E-state index contributed by atoms with van der Waals surface area (Å²) in [6.45, 7) is 0.502. The minimum atomic E-state index is -3.77. The van der Waals surface area contributed by atoms with E-state index in [4.69, 9.17) is 10.5 Å². The summed E-state index contributed by atoms with van der Waals surface area (Å²) in [5.41, 5.74) is 5.90. The predicted molar refractivity (Wildman–Crippen MR) is 93.7 cm³/mol. The van der Waals surface area contributed by atoms with Crippen molar-refractivity contribution >= 4 is 21.6 Å². The second-order valence-corrected chi connectivity index (χ2v) is 7.20. The number of hydrogen-bond acceptors (Lipinski definition) is 6. The van der Waals surface area contributed by atoms with Crippen molar-refractivity contribution in [3.05, 3.63) is 48.8 Å². The van der Waals surface area contributed by atoms with Gasteiger partial charge in [-0.25, -0.2) is 8.42 Å². The van der Waals surface area contributed by atoms with Crippen molar-refractivity contribution in [3.8, 4) is 5.75 Å². The number of carbonyl (C=O) groups is 1. The van der Waals surface area contributed by atoms with Crippen LogP contribution in [0.25, 0.3) is 0 Å². The number of hydrogen-bond donors (Lipinski definition) is 2. The Morgan fingerprint density at radius 1 is 1.28 bits per heavy atom. The van der Waals surface area contributed by atoms with E-state index in [0.29, 0.717) is 24.6 Å². The van der Waals surface area contributed by atoms with Crippen LogP contribution in [0.1, 0.15) is 0 Å². The minimum absolute atomic E-state index is 0.0340. The Labute approximate surface area is 146 Å². The van der Waals surface area contributed by atoms with Crippen LogP contribution in [0.5, 0.6) is 5.75 Å². The summed E-state index contributed by atoms with van der Waals surface area (Å²) in [7, 11) is -2.43. The van der Waals surface area contributed by atoms with Crippen LogP contribution in [0, 0.1) is 0 Å². The van der Waals surface area contributed by atoms with E-state index in [9.17, 15) is 13.2 Å². The van der Waals surface area contributed by atoms with Crippen LogP contribution in [-0.4, -0.2) is 50.4 Å². The lowest BCUT2D eigenvalue weighted by atomic mass is 10.3. The zero-order valence-electron chi connectivity index (χ0n) is 13.8. The van der Waals surface area contributed by atoms with Gasteiger partial charge in [-0.05, 0) is 36.4 Å². The van der Waals surface area contributed by atoms with Crippen LogP contribution in [0.4, 0.5) is 5.69 Å². The molecule has 1 heterocycles. The molecule has 2 aromatic rings. The van der Waals surface area contributed by atoms with Crippen LogP contribution in [0.3, 0.4) is 0 Å². The van der Waals surface area contributed by atoms with Gasteiger partial charge < -0.3 is 15.8 Å². The third-order valence-corrected chi connectivity index (χ3v) is 5.02. The summed E-state index contributed by atoms with van der Waals surface area (Å²) >= 11 is 0. The first-order valence-corrected chi connectivity index (χ1v) is 8.96. The van der Waals surface area contributed by atoms with Gasteiger partial charge in [0.15, 0.2) is 0 Å². The van der Waals surface area contributed by atoms with Gasteiger partial charge in [0.05, 0.1) is 6.54 Å². The number of benzene rings is 1. The van der Waals surface area contributed by atoms with E-state index in [0.717, 1.165) is 4.31 Å². The molecule has 0 saturated heterocycles. The third-order valence-electron chi connectivity index (χ3n) is 3.23. The Bertz CT molecular complexity index is 795. The Hall–Kier alpha value is -2.49. The molecule has 0 radical (unpaired) electrons. The van der Waals surface area contributed by atoms with Crippen molar-refractivity contribution in [3.63, 3.8) is 0 Å². The number of pyridine rings is 1. The van der Waals surface area contributed by atoms with Gasteiger partial charge in [0.2, 0.25) is 15.9 Å². The molecule has 0 saturated carbocycles. The maximum Gasteiger partial charge on any atom is 0.244 e. The van der Waals surface area contributed by atoms with Gasteiger partial charge in [0.1, 0.15) is 17.3 Å². The largest absolute Gasteiger partial charge is 0.492 e. The first kappa shape index (κ1) is 18.8. The summed E-state index contributed by atoms with van der Waals surface area (Å²) < 4.78 is 31.0. The summed E-state index contributed by atoms with van der Waals surface area (Å²) in [5, 5.41) is 2.64. The number of nitrogens with one attached hydrogen (secondary N) is 1. The normalized spacial score (nSPS) is 11.3. The molecule has 0 bridgehead atoms. The molecule has 0 aliphatic carbocycles. The monoisotopic (exact) mass is 364 g/mol. The second kappa shape index (κ2) is 8.56. The molecule has 0 unspecified atom stereocenters. The van der Waals surface area contributed by atoms with Crippen LogP contribution in [-0.2, 0) is 14.8 Å². The number of rotatable bonds is 8. The Morgan fingerprint density at radius 2 is 2.00 bits per heavy atom. The third kappa shape index (κ3) is 5.24. The minimum Gasteiger partial charge on any atom is -0.492 e. The smallest absolute Gasteiger partial charge is 0.244 e. The van der Waals surface area contributed by atoms with Crippen LogP contribution >= 0.6 is 0 Å². The number of nitrogens with two attached hydrogens (primary N) is 1. The fourth-order valence-corrected chi connectivity index (χ4v) is 3.07. The molecular formula is C16H20N4O4S. The van der Waals surface area contributed by atoms with Gasteiger partial charge in [-0.3, -0.25) is 9.78 Å². The summed E-state index contributed by atoms with van der Waals surface area (Å²) in [6.07, 6.45) is 2.72. The molecule has 0 atom stereocenters. The van der Waals surface area contributed by atoms with Gasteiger partial charge in [0, 0.05) is 31.7 Å². The summed E-state index contributed by atoms with van der Waals surface area (Å²) in [5.74, 6) is 0.185. The van der Waals surface area contributed by atoms with E-state index in [1.54, 1.807) is 24.3 Å². The zero-order valence-corrected chi connectivity index (χ0v) is 14.6. The fourth-order valence-electron chi connectivity index (χ4n) is 1.98. The van der Waals surface area contributed by atoms with Crippen LogP contribution in [0.15, 0.2) is 53.7 Å². The number of nitrogens with zero attached hydrogens (tertiary/aromatic N) is 2. The lowest BCUT2D eigenvalue weighted by Crippen LogP contribution is -2.35. The van der Waals surface area contributed by atoms with E-state index in [1.165, 1.54) is 31.6 Å². The number of carbonyl (C=O) groups excluding carboxylic acids is 1. The number of likely N-dealkylation sites (N-methyl/N-ethyl adjacent to an activating group) is 1. The van der Waals surface area contributed by atoms with Crippen molar-refractivity contribution in [2.24, 2.45) is 5.73 Å². The lowest BCUT2D eigenvalue weighted by molar-refractivity contribution is -0.116. The first-order valence-electron chi connectivity index (χ1n) is 7.52. The van der Waals surface area contributed by atoms with Crippen LogP contribution in [0.2, 0.25) is 0 Å². The Kier molecular flexibility index (Phi) is 6.45. The van der Waals surface area contributed by atoms with Gasteiger partial charge >= 0.3 is 0 Å². The van der Waals surface area contributed by atoms with Crippen molar-refractivity contribution < 1.29 is 17.9 Å². The number of aromatic nitrogens is 1. The van der Waals surface area contributed by atoms with Gasteiger partial charge in [0.25, 0.3) is 0 Å². The highest BCUT2D eigenvalue weighted by Crippen LogP contribution is 2.16. The quantitative estimate of drug-likeness (QED) is 0.712. The highest BCUT2D eigenvalue weighted by Gasteiger charge is 2.23. The predicted octanol–water partition coefficient (Wildman–Crippen LogP) is 0.678. The molecule has 2 rings (SSSR count). The number of amides is 1. The van der Waals surface area contributed by atoms with Gasteiger partial charge in [-0.15, -0.1) is 0 Å². The number of sulfonamides is 1. The average molecular weight is 364 g/mol. The van der Waals surface area contributed by atoms with Crippen molar-refractivity contribution in [2.75, 3.05) is 32.1 Å². The highest BCUT2D eigenvalue weighted by atomic mass is 32.2. The molecule has 9 heteroatoms. The molecule has 0 aliphatic heterocycles. The van der Waals surface area contributed by atoms with E-state index in [1.807, 2.05) is 0 Å². The molecule has 1 aromatic heterocycles. The van der Waals surface area contributed by atoms with Gasteiger partial charge in [-0.1, -0.05) is 0 Å². The summed E-state index contributed by atoms with van der Waals surface area (Å²) in [6, 6.07) is 9.67. The molecule has 25 heavy (non-hydrogen) atoms. The van der Waals surface area contributed by atoms with Crippen molar-refractivity contribution in [1.82, 2.24) is 9.29 Å². The van der Waals surface area contributed by atoms with Gasteiger partial charge in [-0.2, -0.15) is 4.31 Å². The first-order chi connectivity index (χ1) is 11.9. The lowest BCUT2D eigenvalue weighted by Gasteiger charge is -2.16. The van der Waals surface area contributed by atoms with Crippen LogP contribution < -0.4 is 15.8 Å². The Morgan fingerprint density at radius 3 is 2.60 bits per heavy atom. The van der Waals surface area contributed by atoms with E-state index < -0.39 is 15.9 Å². The molecular weight excluding hydrogens is 344 g/mol. The Balaban J connectivity index is 1.95. The van der Waals surface area contributed by atoms with E-state index in [-0.39, 0.29) is 11.4 Å². The summed E-state index contributed by atoms with van der Waals surface area (Å²) in [4.78, 5) is 15.9. The molecule has 1 aromatic carbocycles. The zero-order chi connectivity index (χ0) is 18.3. The number of ether oxygens (including phenoxy) is 1. The molecule has 1 amide bonds. The van der Waals surface area contributed by atoms with E-state index >= 15 is 0 Å². The molecule has 3 N–H and O–H groups in total. The topological polar surface area (TPSA) is 115 Å². The highest BCUT2D eigenvalue weighted by molar-refractivity contribution is 7.89. The average Bonchev–Trinajstić information content (AvgIpc) is 2.61. The maximum atomic E-state index is 12.3. The maximum absolute atomic E-state index is 12.3. The second-order valence-electron chi connectivity index (χ2n) is 5.16. The molecule has 8 nitrogen and oxygen atoms in total. The van der Waals surface area contributed by atoms with E-state index in [2.05, 4.69) is 10.3 Å². The molecule has 0 spiro atoms. The molecule has 0 fully saturated rings.